The highest BCUT2D eigenvalue weighted by molar-refractivity contribution is 7.21. The van der Waals surface area contributed by atoms with Gasteiger partial charge in [0.25, 0.3) is 0 Å². The molecule has 2 fully saturated rings. The molecule has 7 nitrogen and oxygen atoms in total. The molecule has 4 rings (SSSR count). The normalized spacial score (nSPS) is 18.2. The lowest BCUT2D eigenvalue weighted by molar-refractivity contribution is -0.117. The number of hydrogen-bond acceptors (Lipinski definition) is 7. The predicted molar refractivity (Wildman–Crippen MR) is 112 cm³/mol. The van der Waals surface area contributed by atoms with Gasteiger partial charge in [0.1, 0.15) is 9.71 Å². The largest absolute Gasteiger partial charge is 0.465 e. The molecule has 1 saturated heterocycles. The molecular formula is C21H27N3O4S. The van der Waals surface area contributed by atoms with E-state index < -0.39 is 5.97 Å². The van der Waals surface area contributed by atoms with Gasteiger partial charge in [0.05, 0.1) is 31.7 Å². The predicted octanol–water partition coefficient (Wildman–Crippen LogP) is 3.43. The molecule has 0 aromatic carbocycles. The van der Waals surface area contributed by atoms with Gasteiger partial charge in [-0.15, -0.1) is 11.3 Å². The SMILES string of the molecule is COC(=O)c1sc2nc(CN3CCOCC3)ccc2c1NC(=O)CC1CCCC1. The zero-order valence-corrected chi connectivity index (χ0v) is 17.6. The van der Waals surface area contributed by atoms with Gasteiger partial charge in [0.2, 0.25) is 5.91 Å². The Labute approximate surface area is 174 Å². The van der Waals surface area contributed by atoms with Gasteiger partial charge in [-0.2, -0.15) is 0 Å². The van der Waals surface area contributed by atoms with E-state index in [-0.39, 0.29) is 5.91 Å². The van der Waals surface area contributed by atoms with Crippen LogP contribution >= 0.6 is 11.3 Å². The summed E-state index contributed by atoms with van der Waals surface area (Å²) < 4.78 is 10.3. The lowest BCUT2D eigenvalue weighted by atomic mass is 10.0. The Balaban J connectivity index is 1.57. The second-order valence-electron chi connectivity index (χ2n) is 7.74. The fourth-order valence-electron chi connectivity index (χ4n) is 4.12. The van der Waals surface area contributed by atoms with Crippen LogP contribution in [0.5, 0.6) is 0 Å². The van der Waals surface area contributed by atoms with Crippen molar-refractivity contribution in [2.24, 2.45) is 5.92 Å². The summed E-state index contributed by atoms with van der Waals surface area (Å²) in [5.74, 6) is -0.0437. The Morgan fingerprint density at radius 3 is 2.76 bits per heavy atom. The van der Waals surface area contributed by atoms with Crippen LogP contribution in [0.3, 0.4) is 0 Å². The number of amides is 1. The van der Waals surface area contributed by atoms with Crippen molar-refractivity contribution in [2.75, 3.05) is 38.7 Å². The van der Waals surface area contributed by atoms with Crippen LogP contribution in [0.15, 0.2) is 12.1 Å². The molecule has 8 heteroatoms. The maximum absolute atomic E-state index is 12.6. The van der Waals surface area contributed by atoms with Crippen LogP contribution < -0.4 is 5.32 Å². The molecule has 3 heterocycles. The third-order valence-electron chi connectivity index (χ3n) is 5.69. The number of esters is 1. The van der Waals surface area contributed by atoms with Crippen molar-refractivity contribution in [1.29, 1.82) is 0 Å². The number of ether oxygens (including phenoxy) is 2. The van der Waals surface area contributed by atoms with Crippen molar-refractivity contribution >= 4 is 39.1 Å². The van der Waals surface area contributed by atoms with E-state index in [2.05, 4.69) is 10.2 Å². The van der Waals surface area contributed by atoms with Crippen LogP contribution in [0.4, 0.5) is 5.69 Å². The van der Waals surface area contributed by atoms with Crippen molar-refractivity contribution < 1.29 is 19.1 Å². The molecule has 0 radical (unpaired) electrons. The van der Waals surface area contributed by atoms with Crippen molar-refractivity contribution in [3.05, 3.63) is 22.7 Å². The minimum absolute atomic E-state index is 0.0425. The zero-order chi connectivity index (χ0) is 20.2. The van der Waals surface area contributed by atoms with E-state index in [0.29, 0.717) is 22.9 Å². The highest BCUT2D eigenvalue weighted by Gasteiger charge is 2.24. The van der Waals surface area contributed by atoms with E-state index in [1.807, 2.05) is 12.1 Å². The van der Waals surface area contributed by atoms with Crippen LogP contribution in [0.1, 0.15) is 47.5 Å². The zero-order valence-electron chi connectivity index (χ0n) is 16.7. The fraction of sp³-hybridized carbons (Fsp3) is 0.571. The molecule has 0 spiro atoms. The lowest BCUT2D eigenvalue weighted by Crippen LogP contribution is -2.35. The summed E-state index contributed by atoms with van der Waals surface area (Å²) in [6.07, 6.45) is 5.11. The number of pyridine rings is 1. The number of methoxy groups -OCH3 is 1. The van der Waals surface area contributed by atoms with E-state index in [9.17, 15) is 9.59 Å². The van der Waals surface area contributed by atoms with Crippen molar-refractivity contribution in [1.82, 2.24) is 9.88 Å². The Hall–Kier alpha value is -2.03. The Bertz CT molecular complexity index is 885. The second kappa shape index (κ2) is 9.19. The summed E-state index contributed by atoms with van der Waals surface area (Å²) in [5, 5.41) is 3.77. The van der Waals surface area contributed by atoms with E-state index in [1.54, 1.807) is 0 Å². The number of fused-ring (bicyclic) bond motifs is 1. The minimum atomic E-state index is -0.445. The van der Waals surface area contributed by atoms with Crippen LogP contribution in [0.25, 0.3) is 10.2 Å². The average Bonchev–Trinajstić information content (AvgIpc) is 3.36. The van der Waals surface area contributed by atoms with E-state index in [4.69, 9.17) is 14.5 Å². The molecule has 2 aromatic rings. The van der Waals surface area contributed by atoms with Crippen LogP contribution in [-0.2, 0) is 20.8 Å². The number of nitrogens with zero attached hydrogens (tertiary/aromatic N) is 2. The summed E-state index contributed by atoms with van der Waals surface area (Å²) in [7, 11) is 1.36. The Morgan fingerprint density at radius 1 is 1.28 bits per heavy atom. The van der Waals surface area contributed by atoms with Gasteiger partial charge < -0.3 is 14.8 Å². The van der Waals surface area contributed by atoms with Crippen LogP contribution in [0.2, 0.25) is 0 Å². The third-order valence-corrected chi connectivity index (χ3v) is 6.77. The number of thiophene rings is 1. The molecule has 2 aromatic heterocycles. The second-order valence-corrected chi connectivity index (χ2v) is 8.74. The standard InChI is InChI=1S/C21H27N3O4S/c1-27-21(26)19-18(23-17(25)12-14-4-2-3-5-14)16-7-6-15(22-20(16)29-19)13-24-8-10-28-11-9-24/h6-7,14H,2-5,8-13H2,1H3,(H,23,25). The van der Waals surface area contributed by atoms with Gasteiger partial charge in [0, 0.05) is 31.4 Å². The number of aromatic nitrogens is 1. The summed E-state index contributed by atoms with van der Waals surface area (Å²) in [4.78, 5) is 33.1. The van der Waals surface area contributed by atoms with Crippen molar-refractivity contribution in [3.63, 3.8) is 0 Å². The van der Waals surface area contributed by atoms with Gasteiger partial charge in [0.15, 0.2) is 0 Å². The minimum Gasteiger partial charge on any atom is -0.465 e. The molecule has 1 saturated carbocycles. The van der Waals surface area contributed by atoms with Gasteiger partial charge in [-0.3, -0.25) is 9.69 Å². The quantitative estimate of drug-likeness (QED) is 0.726. The topological polar surface area (TPSA) is 80.8 Å². The molecule has 156 valence electrons. The summed E-state index contributed by atoms with van der Waals surface area (Å²) in [5.41, 5.74) is 1.48. The average molecular weight is 418 g/mol. The number of anilines is 1. The Morgan fingerprint density at radius 2 is 2.03 bits per heavy atom. The number of rotatable bonds is 6. The summed E-state index contributed by atoms with van der Waals surface area (Å²) in [6, 6.07) is 3.92. The number of hydrogen-bond donors (Lipinski definition) is 1. The number of morpholine rings is 1. The first kappa shape index (κ1) is 20.3. The molecule has 0 bridgehead atoms. The smallest absolute Gasteiger partial charge is 0.350 e. The van der Waals surface area contributed by atoms with Gasteiger partial charge in [-0.05, 0) is 30.9 Å². The maximum atomic E-state index is 12.6. The monoisotopic (exact) mass is 417 g/mol. The van der Waals surface area contributed by atoms with Gasteiger partial charge in [-0.1, -0.05) is 12.8 Å². The van der Waals surface area contributed by atoms with E-state index in [1.165, 1.54) is 31.3 Å². The van der Waals surface area contributed by atoms with Crippen molar-refractivity contribution in [3.8, 4) is 0 Å². The van der Waals surface area contributed by atoms with Crippen molar-refractivity contribution in [2.45, 2.75) is 38.6 Å². The summed E-state index contributed by atoms with van der Waals surface area (Å²) in [6.45, 7) is 4.00. The highest BCUT2D eigenvalue weighted by atomic mass is 32.1. The first-order chi connectivity index (χ1) is 14.1. The van der Waals surface area contributed by atoms with Gasteiger partial charge in [-0.25, -0.2) is 9.78 Å². The first-order valence-corrected chi connectivity index (χ1v) is 11.1. The molecule has 1 aliphatic carbocycles. The lowest BCUT2D eigenvalue weighted by Gasteiger charge is -2.26. The van der Waals surface area contributed by atoms with E-state index in [0.717, 1.165) is 61.6 Å². The Kier molecular flexibility index (Phi) is 6.42. The number of carbonyl (C=O) groups excluding carboxylic acids is 2. The molecular weight excluding hydrogens is 390 g/mol. The van der Waals surface area contributed by atoms with Gasteiger partial charge >= 0.3 is 5.97 Å². The van der Waals surface area contributed by atoms with Crippen LogP contribution in [-0.4, -0.2) is 55.2 Å². The fourth-order valence-corrected chi connectivity index (χ4v) is 5.19. The highest BCUT2D eigenvalue weighted by Crippen LogP contribution is 2.36. The molecule has 1 aliphatic heterocycles. The van der Waals surface area contributed by atoms with Crippen LogP contribution in [0, 0.1) is 5.92 Å². The first-order valence-electron chi connectivity index (χ1n) is 10.2. The molecule has 29 heavy (non-hydrogen) atoms. The number of nitrogens with one attached hydrogen (secondary N) is 1. The van der Waals surface area contributed by atoms with E-state index >= 15 is 0 Å². The molecule has 0 atom stereocenters. The molecule has 2 aliphatic rings. The molecule has 1 amide bonds. The molecule has 0 unspecified atom stereocenters. The third kappa shape index (κ3) is 4.76. The maximum Gasteiger partial charge on any atom is 0.350 e. The number of carbonyl (C=O) groups is 2. The molecule has 1 N–H and O–H groups in total. The summed E-state index contributed by atoms with van der Waals surface area (Å²) >= 11 is 1.27.